The zero-order valence-corrected chi connectivity index (χ0v) is 20.2. The number of rotatable bonds is 7. The van der Waals surface area contributed by atoms with Gasteiger partial charge in [0, 0.05) is 61.3 Å². The van der Waals surface area contributed by atoms with Gasteiger partial charge in [-0.3, -0.25) is 14.5 Å². The molecule has 0 unspecified atom stereocenters. The van der Waals surface area contributed by atoms with Crippen molar-refractivity contribution in [2.24, 2.45) is 7.05 Å². The predicted molar refractivity (Wildman–Crippen MR) is 134 cm³/mol. The molecule has 1 saturated heterocycles. The highest BCUT2D eigenvalue weighted by Crippen LogP contribution is 2.33. The number of hydrogen-bond donors (Lipinski definition) is 1. The van der Waals surface area contributed by atoms with Gasteiger partial charge in [0.2, 0.25) is 11.8 Å². The summed E-state index contributed by atoms with van der Waals surface area (Å²) in [7, 11) is 2.02. The van der Waals surface area contributed by atoms with Crippen LogP contribution in [-0.4, -0.2) is 63.3 Å². The molecule has 0 radical (unpaired) electrons. The Bertz CT molecular complexity index is 1200. The van der Waals surface area contributed by atoms with E-state index in [1.54, 1.807) is 4.90 Å². The second-order valence-electron chi connectivity index (χ2n) is 9.60. The van der Waals surface area contributed by atoms with Gasteiger partial charge in [-0.15, -0.1) is 0 Å². The zero-order valence-electron chi connectivity index (χ0n) is 20.2. The van der Waals surface area contributed by atoms with Crippen molar-refractivity contribution in [3.63, 3.8) is 0 Å². The van der Waals surface area contributed by atoms with Crippen LogP contribution >= 0.6 is 0 Å². The first-order chi connectivity index (χ1) is 16.5. The van der Waals surface area contributed by atoms with Gasteiger partial charge in [-0.2, -0.15) is 5.10 Å². The number of amides is 2. The van der Waals surface area contributed by atoms with Crippen molar-refractivity contribution in [1.82, 2.24) is 24.6 Å². The van der Waals surface area contributed by atoms with Crippen LogP contribution in [0.25, 0.3) is 22.2 Å². The van der Waals surface area contributed by atoms with Crippen LogP contribution in [0, 0.1) is 0 Å². The van der Waals surface area contributed by atoms with Gasteiger partial charge in [-0.1, -0.05) is 24.6 Å². The maximum Gasteiger partial charge on any atom is 0.240 e. The highest BCUT2D eigenvalue weighted by Gasteiger charge is 2.28. The summed E-state index contributed by atoms with van der Waals surface area (Å²) in [4.78, 5) is 29.5. The summed E-state index contributed by atoms with van der Waals surface area (Å²) in [5, 5.41) is 8.92. The monoisotopic (exact) mass is 462 g/mol. The number of fused-ring (bicyclic) bond motifs is 2. The number of benzene rings is 1. The summed E-state index contributed by atoms with van der Waals surface area (Å²) >= 11 is 0. The van der Waals surface area contributed by atoms with Crippen LogP contribution in [0.4, 0.5) is 5.82 Å². The summed E-state index contributed by atoms with van der Waals surface area (Å²) in [5.41, 5.74) is 2.99. The Morgan fingerprint density at radius 1 is 1.21 bits per heavy atom. The third-order valence-electron chi connectivity index (χ3n) is 7.23. The summed E-state index contributed by atoms with van der Waals surface area (Å²) in [5.74, 6) is 0.534. The number of para-hydroxylation sites is 1. The van der Waals surface area contributed by atoms with E-state index in [1.807, 2.05) is 29.9 Å². The largest absolute Gasteiger partial charge is 0.354 e. The lowest BCUT2D eigenvalue weighted by molar-refractivity contribution is -0.124. The molecule has 1 atom stereocenters. The summed E-state index contributed by atoms with van der Waals surface area (Å²) in [6, 6.07) is 10.8. The zero-order chi connectivity index (χ0) is 23.7. The molecule has 180 valence electrons. The summed E-state index contributed by atoms with van der Waals surface area (Å²) in [6.45, 7) is 5.64. The van der Waals surface area contributed by atoms with Crippen molar-refractivity contribution in [1.29, 1.82) is 0 Å². The highest BCUT2D eigenvalue weighted by molar-refractivity contribution is 6.00. The molecular formula is C26H34N6O2. The number of piperidine rings is 1. The van der Waals surface area contributed by atoms with E-state index < -0.39 is 0 Å². The van der Waals surface area contributed by atoms with Crippen molar-refractivity contribution in [3.8, 4) is 11.3 Å². The second kappa shape index (κ2) is 9.62. The van der Waals surface area contributed by atoms with Gasteiger partial charge < -0.3 is 14.8 Å². The van der Waals surface area contributed by atoms with Crippen LogP contribution in [0.15, 0.2) is 36.5 Å². The fourth-order valence-corrected chi connectivity index (χ4v) is 5.30. The third-order valence-corrected chi connectivity index (χ3v) is 7.23. The first-order valence-corrected chi connectivity index (χ1v) is 12.4. The molecule has 0 saturated carbocycles. The molecule has 2 aliphatic rings. The second-order valence-corrected chi connectivity index (χ2v) is 9.60. The van der Waals surface area contributed by atoms with E-state index in [-0.39, 0.29) is 18.4 Å². The van der Waals surface area contributed by atoms with Gasteiger partial charge in [-0.05, 0) is 38.8 Å². The number of aromatic nitrogens is 3. The van der Waals surface area contributed by atoms with Crippen LogP contribution in [0.5, 0.6) is 0 Å². The van der Waals surface area contributed by atoms with Crippen LogP contribution < -0.4 is 10.2 Å². The lowest BCUT2D eigenvalue weighted by atomic mass is 10.0. The van der Waals surface area contributed by atoms with Gasteiger partial charge >= 0.3 is 0 Å². The van der Waals surface area contributed by atoms with Gasteiger partial charge in [0.05, 0.1) is 12.2 Å². The minimum absolute atomic E-state index is 0.0274. The van der Waals surface area contributed by atoms with Gasteiger partial charge in [0.15, 0.2) is 0 Å². The van der Waals surface area contributed by atoms with Crippen LogP contribution in [-0.2, 0) is 23.2 Å². The Hall–Kier alpha value is -3.13. The molecule has 0 bridgehead atoms. The van der Waals surface area contributed by atoms with Gasteiger partial charge in [0.25, 0.3) is 0 Å². The molecule has 5 rings (SSSR count). The Morgan fingerprint density at radius 2 is 2.06 bits per heavy atom. The Morgan fingerprint density at radius 3 is 2.91 bits per heavy atom. The number of aryl methyl sites for hydroxylation is 2. The molecule has 3 aromatic rings. The van der Waals surface area contributed by atoms with E-state index in [2.05, 4.69) is 40.0 Å². The summed E-state index contributed by atoms with van der Waals surface area (Å²) in [6.07, 6.45) is 7.19. The molecular weight excluding hydrogens is 428 g/mol. The maximum absolute atomic E-state index is 12.7. The first-order valence-electron chi connectivity index (χ1n) is 12.4. The number of nitrogens with zero attached hydrogens (tertiary/aromatic N) is 5. The molecule has 0 spiro atoms. The Balaban J connectivity index is 1.24. The van der Waals surface area contributed by atoms with E-state index in [4.69, 9.17) is 5.10 Å². The van der Waals surface area contributed by atoms with Crippen molar-refractivity contribution < 1.29 is 9.59 Å². The van der Waals surface area contributed by atoms with E-state index in [0.29, 0.717) is 31.4 Å². The molecule has 1 fully saturated rings. The van der Waals surface area contributed by atoms with E-state index in [1.165, 1.54) is 19.3 Å². The Labute approximate surface area is 200 Å². The molecule has 2 aliphatic heterocycles. The smallest absolute Gasteiger partial charge is 0.240 e. The quantitative estimate of drug-likeness (QED) is 0.548. The van der Waals surface area contributed by atoms with E-state index in [0.717, 1.165) is 41.7 Å². The molecule has 2 amide bonds. The fraction of sp³-hybridized carbons (Fsp3) is 0.500. The average molecular weight is 463 g/mol. The first kappa shape index (κ1) is 22.7. The minimum atomic E-state index is -0.124. The summed E-state index contributed by atoms with van der Waals surface area (Å²) < 4.78 is 3.94. The molecule has 1 aromatic carbocycles. The standard InChI is InChI=1S/C26H34N6O2/c1-19-8-5-6-13-30(19)14-7-12-27-24(33)18-31-25-16-22(28-32(25)15-11-26(31)34)21-17-29(2)23-10-4-3-9-20(21)23/h3-4,9-10,16-17,19H,5-8,11-15,18H2,1-2H3,(H,27,33)/t19-/m1/s1. The number of carbonyl (C=O) groups excluding carboxylic acids is 2. The van der Waals surface area contributed by atoms with Crippen molar-refractivity contribution >= 4 is 28.5 Å². The van der Waals surface area contributed by atoms with Gasteiger partial charge in [-0.25, -0.2) is 4.68 Å². The fourth-order valence-electron chi connectivity index (χ4n) is 5.30. The highest BCUT2D eigenvalue weighted by atomic mass is 16.2. The number of nitrogens with one attached hydrogen (secondary N) is 1. The normalized spacial score (nSPS) is 18.9. The molecule has 8 nitrogen and oxygen atoms in total. The lowest BCUT2D eigenvalue weighted by Gasteiger charge is -2.33. The van der Waals surface area contributed by atoms with Gasteiger partial charge in [0.1, 0.15) is 12.4 Å². The maximum atomic E-state index is 12.7. The van der Waals surface area contributed by atoms with Crippen LogP contribution in [0.3, 0.4) is 0 Å². The SMILES string of the molecule is C[C@@H]1CCCCN1CCCNC(=O)CN1C(=O)CCn2nc(-c3cn(C)c4ccccc34)cc21. The molecule has 34 heavy (non-hydrogen) atoms. The number of carbonyl (C=O) groups is 2. The van der Waals surface area contributed by atoms with Crippen molar-refractivity contribution in [2.75, 3.05) is 31.1 Å². The molecule has 2 aromatic heterocycles. The molecule has 4 heterocycles. The third kappa shape index (κ3) is 4.46. The van der Waals surface area contributed by atoms with E-state index >= 15 is 0 Å². The Kier molecular flexibility index (Phi) is 6.41. The minimum Gasteiger partial charge on any atom is -0.354 e. The lowest BCUT2D eigenvalue weighted by Crippen LogP contribution is -2.45. The predicted octanol–water partition coefficient (Wildman–Crippen LogP) is 3.16. The van der Waals surface area contributed by atoms with E-state index in [9.17, 15) is 9.59 Å². The number of likely N-dealkylation sites (tertiary alicyclic amines) is 1. The molecule has 8 heteroatoms. The van der Waals surface area contributed by atoms with Crippen LogP contribution in [0.2, 0.25) is 0 Å². The van der Waals surface area contributed by atoms with Crippen LogP contribution in [0.1, 0.15) is 39.0 Å². The van der Waals surface area contributed by atoms with Crippen molar-refractivity contribution in [2.45, 2.75) is 51.6 Å². The topological polar surface area (TPSA) is 75.4 Å². The molecule has 0 aliphatic carbocycles. The number of hydrogen-bond acceptors (Lipinski definition) is 4. The van der Waals surface area contributed by atoms with Crippen molar-refractivity contribution in [3.05, 3.63) is 36.5 Å². The molecule has 1 N–H and O–H groups in total. The number of anilines is 1. The average Bonchev–Trinajstić information content (AvgIpc) is 3.41.